The van der Waals surface area contributed by atoms with E-state index in [2.05, 4.69) is 30.9 Å². The topological polar surface area (TPSA) is 129 Å². The van der Waals surface area contributed by atoms with Crippen molar-refractivity contribution in [3.63, 3.8) is 0 Å². The summed E-state index contributed by atoms with van der Waals surface area (Å²) in [5.41, 5.74) is 1.19. The van der Waals surface area contributed by atoms with E-state index >= 15 is 0 Å². The van der Waals surface area contributed by atoms with Gasteiger partial charge in [-0.3, -0.25) is 9.10 Å². The molecule has 2 aromatic heterocycles. The number of fused-ring (bicyclic) bond motifs is 1. The van der Waals surface area contributed by atoms with Crippen LogP contribution in [0.2, 0.25) is 0 Å². The molecule has 3 aromatic rings. The molecular weight excluding hydrogens is 499 g/mol. The molecular formula is C22H22F3N7O3S. The summed E-state index contributed by atoms with van der Waals surface area (Å²) in [6.07, 6.45) is -1.45. The molecule has 0 aliphatic carbocycles. The van der Waals surface area contributed by atoms with Crippen molar-refractivity contribution in [2.45, 2.75) is 26.1 Å². The largest absolute Gasteiger partial charge is 0.421 e. The van der Waals surface area contributed by atoms with Gasteiger partial charge in [0, 0.05) is 42.4 Å². The van der Waals surface area contributed by atoms with E-state index in [-0.39, 0.29) is 37.2 Å². The Morgan fingerprint density at radius 2 is 1.97 bits per heavy atom. The molecule has 10 nitrogen and oxygen atoms in total. The normalized spacial score (nSPS) is 13.2. The fourth-order valence-electron chi connectivity index (χ4n) is 3.73. The van der Waals surface area contributed by atoms with Crippen molar-refractivity contribution in [3.05, 3.63) is 59.4 Å². The number of nitrogens with one attached hydrogen (secondary N) is 3. The van der Waals surface area contributed by atoms with Gasteiger partial charge >= 0.3 is 6.18 Å². The van der Waals surface area contributed by atoms with Crippen molar-refractivity contribution in [1.82, 2.24) is 15.0 Å². The number of halogens is 3. The van der Waals surface area contributed by atoms with Gasteiger partial charge in [0.25, 0.3) is 0 Å². The molecule has 3 N–H and O–H groups in total. The van der Waals surface area contributed by atoms with E-state index < -0.39 is 27.6 Å². The Kier molecular flexibility index (Phi) is 6.71. The molecule has 1 amide bonds. The summed E-state index contributed by atoms with van der Waals surface area (Å²) in [4.78, 5) is 23.5. The average molecular weight is 522 g/mol. The predicted molar refractivity (Wildman–Crippen MR) is 129 cm³/mol. The Labute approximate surface area is 205 Å². The number of carbonyl (C=O) groups is 1. The first-order valence-electron chi connectivity index (χ1n) is 10.7. The maximum atomic E-state index is 13.7. The zero-order valence-corrected chi connectivity index (χ0v) is 20.0. The van der Waals surface area contributed by atoms with Gasteiger partial charge in [-0.2, -0.15) is 18.2 Å². The highest BCUT2D eigenvalue weighted by Gasteiger charge is 2.35. The zero-order chi connectivity index (χ0) is 26.1. The quantitative estimate of drug-likeness (QED) is 0.411. The molecule has 0 bridgehead atoms. The van der Waals surface area contributed by atoms with Gasteiger partial charge in [0.1, 0.15) is 17.2 Å². The number of pyridine rings is 1. The molecule has 0 fully saturated rings. The number of anilines is 5. The second kappa shape index (κ2) is 9.60. The van der Waals surface area contributed by atoms with Gasteiger partial charge < -0.3 is 16.0 Å². The Bertz CT molecular complexity index is 1410. The fraction of sp³-hybridized carbons (Fsp3) is 0.273. The molecule has 1 aromatic carbocycles. The maximum Gasteiger partial charge on any atom is 0.421 e. The lowest BCUT2D eigenvalue weighted by Crippen LogP contribution is -2.31. The first-order valence-corrected chi connectivity index (χ1v) is 12.6. The third-order valence-electron chi connectivity index (χ3n) is 5.32. The van der Waals surface area contributed by atoms with Crippen LogP contribution in [-0.4, -0.2) is 42.1 Å². The van der Waals surface area contributed by atoms with Crippen LogP contribution in [0.15, 0.2) is 42.7 Å². The van der Waals surface area contributed by atoms with Crippen molar-refractivity contribution >= 4 is 44.9 Å². The van der Waals surface area contributed by atoms with E-state index in [1.165, 1.54) is 6.20 Å². The van der Waals surface area contributed by atoms with Gasteiger partial charge in [-0.15, -0.1) is 0 Å². The van der Waals surface area contributed by atoms with Crippen molar-refractivity contribution < 1.29 is 26.4 Å². The molecule has 190 valence electrons. The molecule has 1 aliphatic rings. The number of hydrogen-bond donors (Lipinski definition) is 3. The minimum absolute atomic E-state index is 0.0968. The minimum Gasteiger partial charge on any atom is -0.365 e. The van der Waals surface area contributed by atoms with Crippen LogP contribution < -0.4 is 20.3 Å². The van der Waals surface area contributed by atoms with Crippen molar-refractivity contribution in [3.8, 4) is 0 Å². The van der Waals surface area contributed by atoms with E-state index in [4.69, 9.17) is 0 Å². The van der Waals surface area contributed by atoms with Gasteiger partial charge in [0.2, 0.25) is 21.9 Å². The molecule has 0 saturated carbocycles. The Morgan fingerprint density at radius 1 is 1.19 bits per heavy atom. The van der Waals surface area contributed by atoms with Gasteiger partial charge in [-0.1, -0.05) is 6.07 Å². The van der Waals surface area contributed by atoms with Crippen LogP contribution in [0.4, 0.5) is 42.1 Å². The first-order chi connectivity index (χ1) is 17.0. The Balaban J connectivity index is 1.62. The number of rotatable bonds is 8. The van der Waals surface area contributed by atoms with E-state index in [1.807, 2.05) is 0 Å². The summed E-state index contributed by atoms with van der Waals surface area (Å²) in [7, 11) is -3.65. The molecule has 0 atom stereocenters. The number of carbonyl (C=O) groups excluding carboxylic acids is 1. The smallest absolute Gasteiger partial charge is 0.365 e. The standard InChI is InChI=1S/C22H22F3N7O3S/c1-3-32(36(2,34)35)20-13(5-4-8-26-20)11-27-19-16(22(23,24)25)12-28-21(31-19)29-15-6-7-17-14(9-15)10-18(33)30-17/h4-9,12H,3,10-11H2,1-2H3,(H,30,33)(H2,27,28,29,31). The van der Waals surface area contributed by atoms with Crippen molar-refractivity contribution in [2.24, 2.45) is 0 Å². The van der Waals surface area contributed by atoms with Crippen molar-refractivity contribution in [2.75, 3.05) is 33.1 Å². The molecule has 36 heavy (non-hydrogen) atoms. The zero-order valence-electron chi connectivity index (χ0n) is 19.2. The van der Waals surface area contributed by atoms with E-state index in [1.54, 1.807) is 37.3 Å². The van der Waals surface area contributed by atoms with Crippen LogP contribution in [-0.2, 0) is 34.0 Å². The summed E-state index contributed by atoms with van der Waals surface area (Å²) in [6.45, 7) is 1.55. The van der Waals surface area contributed by atoms with Crippen molar-refractivity contribution in [1.29, 1.82) is 0 Å². The minimum atomic E-state index is -4.74. The molecule has 4 rings (SSSR count). The van der Waals surface area contributed by atoms with Gasteiger partial charge in [-0.25, -0.2) is 18.4 Å². The SMILES string of the molecule is CCN(c1ncccc1CNc1nc(Nc2ccc3c(c2)CC(=O)N3)ncc1C(F)(F)F)S(C)(=O)=O. The highest BCUT2D eigenvalue weighted by Crippen LogP contribution is 2.35. The lowest BCUT2D eigenvalue weighted by atomic mass is 10.1. The molecule has 0 radical (unpaired) electrons. The van der Waals surface area contributed by atoms with E-state index in [9.17, 15) is 26.4 Å². The lowest BCUT2D eigenvalue weighted by Gasteiger charge is -2.22. The van der Waals surface area contributed by atoms with Crippen LogP contribution in [0.25, 0.3) is 0 Å². The lowest BCUT2D eigenvalue weighted by molar-refractivity contribution is -0.137. The third-order valence-corrected chi connectivity index (χ3v) is 6.55. The predicted octanol–water partition coefficient (Wildman–Crippen LogP) is 3.53. The number of hydrogen-bond acceptors (Lipinski definition) is 8. The number of alkyl halides is 3. The van der Waals surface area contributed by atoms with Crippen LogP contribution in [0.3, 0.4) is 0 Å². The Hall–Kier alpha value is -3.94. The second-order valence-electron chi connectivity index (χ2n) is 7.94. The van der Waals surface area contributed by atoms with Crippen LogP contribution in [0, 0.1) is 0 Å². The van der Waals surface area contributed by atoms with Crippen LogP contribution in [0.1, 0.15) is 23.6 Å². The fourth-order valence-corrected chi connectivity index (χ4v) is 4.68. The molecule has 1 aliphatic heterocycles. The average Bonchev–Trinajstić information content (AvgIpc) is 3.16. The number of nitrogens with zero attached hydrogens (tertiary/aromatic N) is 4. The molecule has 0 saturated heterocycles. The monoisotopic (exact) mass is 521 g/mol. The van der Waals surface area contributed by atoms with Gasteiger partial charge in [0.05, 0.1) is 12.7 Å². The number of benzene rings is 1. The first kappa shape index (κ1) is 25.2. The highest BCUT2D eigenvalue weighted by molar-refractivity contribution is 7.92. The molecule has 3 heterocycles. The van der Waals surface area contributed by atoms with Crippen LogP contribution >= 0.6 is 0 Å². The van der Waals surface area contributed by atoms with E-state index in [0.29, 0.717) is 23.1 Å². The highest BCUT2D eigenvalue weighted by atomic mass is 32.2. The summed E-state index contributed by atoms with van der Waals surface area (Å²) >= 11 is 0. The van der Waals surface area contributed by atoms with E-state index in [0.717, 1.165) is 16.1 Å². The molecule has 14 heteroatoms. The number of sulfonamides is 1. The number of aromatic nitrogens is 3. The molecule has 0 spiro atoms. The second-order valence-corrected chi connectivity index (χ2v) is 9.85. The van der Waals surface area contributed by atoms with Gasteiger partial charge in [0.15, 0.2) is 0 Å². The summed E-state index contributed by atoms with van der Waals surface area (Å²) in [6, 6.07) is 8.13. The van der Waals surface area contributed by atoms with Crippen LogP contribution in [0.5, 0.6) is 0 Å². The summed E-state index contributed by atoms with van der Waals surface area (Å²) in [5.74, 6) is -0.625. The Morgan fingerprint density at radius 3 is 2.67 bits per heavy atom. The van der Waals surface area contributed by atoms with Gasteiger partial charge in [-0.05, 0) is 36.8 Å². The number of amides is 1. The third kappa shape index (κ3) is 5.48. The maximum absolute atomic E-state index is 13.7. The molecule has 0 unspecified atom stereocenters. The summed E-state index contributed by atoms with van der Waals surface area (Å²) in [5, 5.41) is 8.21. The summed E-state index contributed by atoms with van der Waals surface area (Å²) < 4.78 is 66.3.